The monoisotopic (exact) mass is 331 g/mol. The van der Waals surface area contributed by atoms with Crippen molar-refractivity contribution in [3.05, 3.63) is 63.6 Å². The highest BCUT2D eigenvalue weighted by atomic mass is 79.9. The quantitative estimate of drug-likeness (QED) is 0.917. The van der Waals surface area contributed by atoms with Crippen LogP contribution in [0.5, 0.6) is 5.75 Å². The smallest absolute Gasteiger partial charge is 0.127 e. The number of halogens is 1. The second kappa shape index (κ2) is 5.98. The topological polar surface area (TPSA) is 21.3 Å². The Kier molecular flexibility index (Phi) is 4.08. The van der Waals surface area contributed by atoms with Gasteiger partial charge in [0, 0.05) is 22.5 Å². The highest BCUT2D eigenvalue weighted by Gasteiger charge is 2.21. The molecule has 0 saturated carbocycles. The lowest BCUT2D eigenvalue weighted by atomic mass is 9.96. The molecule has 0 aliphatic carbocycles. The molecule has 1 heterocycles. The van der Waals surface area contributed by atoms with Crippen molar-refractivity contribution in [2.75, 3.05) is 13.7 Å². The average Bonchev–Trinajstić information content (AvgIpc) is 2.93. The summed E-state index contributed by atoms with van der Waals surface area (Å²) in [6.07, 6.45) is 1.98. The number of para-hydroxylation sites is 1. The average molecular weight is 332 g/mol. The zero-order valence-electron chi connectivity index (χ0n) is 11.5. The molecule has 0 bridgehead atoms. The molecule has 20 heavy (non-hydrogen) atoms. The molecule has 0 radical (unpaired) electrons. The van der Waals surface area contributed by atoms with E-state index in [0.29, 0.717) is 0 Å². The Balaban J connectivity index is 1.89. The van der Waals surface area contributed by atoms with Gasteiger partial charge in [-0.05, 0) is 36.7 Å². The van der Waals surface area contributed by atoms with Crippen LogP contribution in [0.3, 0.4) is 0 Å². The van der Waals surface area contributed by atoms with Gasteiger partial charge in [-0.2, -0.15) is 0 Å². The molecule has 2 aromatic carbocycles. The summed E-state index contributed by atoms with van der Waals surface area (Å²) in [5.41, 5.74) is 3.91. The van der Waals surface area contributed by atoms with Crippen molar-refractivity contribution >= 4 is 15.9 Å². The lowest BCUT2D eigenvalue weighted by Crippen LogP contribution is -2.19. The zero-order valence-corrected chi connectivity index (χ0v) is 13.1. The number of hydrogen-bond acceptors (Lipinski definition) is 2. The van der Waals surface area contributed by atoms with Crippen molar-refractivity contribution in [1.29, 1.82) is 0 Å². The number of hydrogen-bond donors (Lipinski definition) is 1. The maximum Gasteiger partial charge on any atom is 0.127 e. The summed E-state index contributed by atoms with van der Waals surface area (Å²) in [5.74, 6) is 1.09. The van der Waals surface area contributed by atoms with Crippen LogP contribution in [0.1, 0.15) is 22.7 Å². The molecule has 104 valence electrons. The first-order chi connectivity index (χ1) is 9.78. The Labute approximate surface area is 128 Å². The van der Waals surface area contributed by atoms with Crippen LogP contribution in [0, 0.1) is 0 Å². The minimum atomic E-state index is 0.275. The van der Waals surface area contributed by atoms with Gasteiger partial charge in [0.2, 0.25) is 0 Å². The van der Waals surface area contributed by atoms with Crippen molar-refractivity contribution in [1.82, 2.24) is 5.32 Å². The lowest BCUT2D eigenvalue weighted by Gasteiger charge is -2.19. The van der Waals surface area contributed by atoms with Gasteiger partial charge in [0.05, 0.1) is 6.61 Å². The second-order valence-electron chi connectivity index (χ2n) is 5.11. The van der Waals surface area contributed by atoms with Crippen LogP contribution in [0.4, 0.5) is 0 Å². The third-order valence-corrected chi connectivity index (χ3v) is 4.29. The highest BCUT2D eigenvalue weighted by Crippen LogP contribution is 2.34. The SMILES string of the molecule is CNC(Cc1cccc(Br)c1)c1cccc2c1OCC2. The van der Waals surface area contributed by atoms with Crippen molar-refractivity contribution in [3.8, 4) is 5.75 Å². The lowest BCUT2D eigenvalue weighted by molar-refractivity contribution is 0.349. The fourth-order valence-electron chi connectivity index (χ4n) is 2.78. The number of benzene rings is 2. The van der Waals surface area contributed by atoms with Crippen molar-refractivity contribution in [3.63, 3.8) is 0 Å². The Bertz CT molecular complexity index is 612. The summed E-state index contributed by atoms with van der Waals surface area (Å²) in [7, 11) is 2.01. The number of nitrogens with one attached hydrogen (secondary N) is 1. The van der Waals surface area contributed by atoms with Gasteiger partial charge >= 0.3 is 0 Å². The molecule has 3 heteroatoms. The second-order valence-corrected chi connectivity index (χ2v) is 6.02. The van der Waals surface area contributed by atoms with Crippen LogP contribution in [-0.4, -0.2) is 13.7 Å². The standard InChI is InChI=1S/C17H18BrNO/c1-19-16(11-12-4-2-6-14(18)10-12)15-7-3-5-13-8-9-20-17(13)15/h2-7,10,16,19H,8-9,11H2,1H3. The molecule has 3 rings (SSSR count). The summed E-state index contributed by atoms with van der Waals surface area (Å²) >= 11 is 3.53. The third-order valence-electron chi connectivity index (χ3n) is 3.80. The molecule has 2 nitrogen and oxygen atoms in total. The summed E-state index contributed by atoms with van der Waals surface area (Å²) < 4.78 is 6.95. The van der Waals surface area contributed by atoms with Gasteiger partial charge in [0.25, 0.3) is 0 Å². The molecule has 1 unspecified atom stereocenters. The molecule has 1 aliphatic rings. The van der Waals surface area contributed by atoms with Crippen LogP contribution in [0.25, 0.3) is 0 Å². The van der Waals surface area contributed by atoms with Crippen LogP contribution >= 0.6 is 15.9 Å². The molecule has 0 saturated heterocycles. The summed E-state index contributed by atoms with van der Waals surface area (Å²) in [4.78, 5) is 0. The van der Waals surface area contributed by atoms with Gasteiger partial charge < -0.3 is 10.1 Å². The highest BCUT2D eigenvalue weighted by molar-refractivity contribution is 9.10. The first-order valence-corrected chi connectivity index (χ1v) is 7.73. The largest absolute Gasteiger partial charge is 0.493 e. The van der Waals surface area contributed by atoms with E-state index in [0.717, 1.165) is 29.7 Å². The van der Waals surface area contributed by atoms with Crippen LogP contribution < -0.4 is 10.1 Å². The Morgan fingerprint density at radius 2 is 2.10 bits per heavy atom. The fourth-order valence-corrected chi connectivity index (χ4v) is 3.23. The predicted molar refractivity (Wildman–Crippen MR) is 85.3 cm³/mol. The number of likely N-dealkylation sites (N-methyl/N-ethyl adjacent to an activating group) is 1. The number of fused-ring (bicyclic) bond motifs is 1. The minimum absolute atomic E-state index is 0.275. The summed E-state index contributed by atoms with van der Waals surface area (Å²) in [5, 5.41) is 3.42. The van der Waals surface area contributed by atoms with Crippen molar-refractivity contribution in [2.24, 2.45) is 0 Å². The maximum atomic E-state index is 5.82. The normalized spacial score (nSPS) is 14.7. The van der Waals surface area contributed by atoms with E-state index in [2.05, 4.69) is 63.7 Å². The molecular formula is C17H18BrNO. The summed E-state index contributed by atoms with van der Waals surface area (Å²) in [6, 6.07) is 15.2. The molecule has 0 amide bonds. The minimum Gasteiger partial charge on any atom is -0.493 e. The van der Waals surface area contributed by atoms with Gasteiger partial charge in [-0.25, -0.2) is 0 Å². The van der Waals surface area contributed by atoms with Gasteiger partial charge in [0.1, 0.15) is 5.75 Å². The Hall–Kier alpha value is -1.32. The number of ether oxygens (including phenoxy) is 1. The first-order valence-electron chi connectivity index (χ1n) is 6.94. The van der Waals surface area contributed by atoms with Crippen molar-refractivity contribution in [2.45, 2.75) is 18.9 Å². The van der Waals surface area contributed by atoms with Gasteiger partial charge in [0.15, 0.2) is 0 Å². The molecule has 1 aliphatic heterocycles. The Morgan fingerprint density at radius 1 is 1.25 bits per heavy atom. The zero-order chi connectivity index (χ0) is 13.9. The van der Waals surface area contributed by atoms with E-state index in [4.69, 9.17) is 4.74 Å². The molecule has 0 spiro atoms. The molecule has 0 aromatic heterocycles. The van der Waals surface area contributed by atoms with Crippen LogP contribution in [0.2, 0.25) is 0 Å². The van der Waals surface area contributed by atoms with Gasteiger partial charge in [-0.3, -0.25) is 0 Å². The van der Waals surface area contributed by atoms with E-state index in [1.165, 1.54) is 16.7 Å². The predicted octanol–water partition coefficient (Wildman–Crippen LogP) is 3.89. The van der Waals surface area contributed by atoms with E-state index in [9.17, 15) is 0 Å². The van der Waals surface area contributed by atoms with E-state index in [-0.39, 0.29) is 6.04 Å². The van der Waals surface area contributed by atoms with Crippen LogP contribution in [0.15, 0.2) is 46.9 Å². The molecule has 2 aromatic rings. The molecular weight excluding hydrogens is 314 g/mol. The first kappa shape index (κ1) is 13.7. The molecule has 1 N–H and O–H groups in total. The van der Waals surface area contributed by atoms with E-state index in [1.54, 1.807) is 0 Å². The third kappa shape index (κ3) is 2.74. The van der Waals surface area contributed by atoms with E-state index >= 15 is 0 Å². The van der Waals surface area contributed by atoms with Gasteiger partial charge in [-0.1, -0.05) is 46.3 Å². The Morgan fingerprint density at radius 3 is 2.90 bits per heavy atom. The van der Waals surface area contributed by atoms with E-state index in [1.807, 2.05) is 7.05 Å². The fraction of sp³-hybridized carbons (Fsp3) is 0.294. The maximum absolute atomic E-state index is 5.82. The molecule has 1 atom stereocenters. The van der Waals surface area contributed by atoms with Gasteiger partial charge in [-0.15, -0.1) is 0 Å². The molecule has 0 fully saturated rings. The summed E-state index contributed by atoms with van der Waals surface area (Å²) in [6.45, 7) is 0.805. The van der Waals surface area contributed by atoms with Crippen LogP contribution in [-0.2, 0) is 12.8 Å². The van der Waals surface area contributed by atoms with E-state index < -0.39 is 0 Å². The van der Waals surface area contributed by atoms with Crippen molar-refractivity contribution < 1.29 is 4.74 Å². The number of rotatable bonds is 4.